The second-order valence-electron chi connectivity index (χ2n) is 5.97. The average Bonchev–Trinajstić information content (AvgIpc) is 3.34. The minimum Gasteiger partial charge on any atom is -0.440 e. The molecular weight excluding hydrogens is 376 g/mol. The van der Waals surface area contributed by atoms with Crippen LogP contribution in [0.4, 0.5) is 5.69 Å². The largest absolute Gasteiger partial charge is 0.440 e. The minimum absolute atomic E-state index is 0.262. The van der Waals surface area contributed by atoms with Crippen LogP contribution in [-0.2, 0) is 0 Å². The fraction of sp³-hybridized carbons (Fsp3) is 0.100. The Morgan fingerprint density at radius 3 is 2.68 bits per heavy atom. The lowest BCUT2D eigenvalue weighted by molar-refractivity contribution is 0.102. The summed E-state index contributed by atoms with van der Waals surface area (Å²) in [6.07, 6.45) is 3.21. The number of carbonyl (C=O) groups excluding carboxylic acids is 1. The van der Waals surface area contributed by atoms with Gasteiger partial charge in [0.15, 0.2) is 5.69 Å². The third kappa shape index (κ3) is 3.77. The predicted octanol–water partition coefficient (Wildman–Crippen LogP) is 4.85. The molecule has 1 N–H and O–H groups in total. The van der Waals surface area contributed by atoms with Crippen molar-refractivity contribution in [1.82, 2.24) is 15.0 Å². The normalized spacial score (nSPS) is 10.6. The van der Waals surface area contributed by atoms with Gasteiger partial charge in [0.05, 0.1) is 4.88 Å². The van der Waals surface area contributed by atoms with Crippen molar-refractivity contribution in [2.45, 2.75) is 13.8 Å². The number of oxazole rings is 1. The molecular formula is C20H16N4O3S. The van der Waals surface area contributed by atoms with E-state index in [2.05, 4.69) is 20.3 Å². The predicted molar refractivity (Wildman–Crippen MR) is 106 cm³/mol. The quantitative estimate of drug-likeness (QED) is 0.522. The fourth-order valence-corrected chi connectivity index (χ4v) is 3.23. The molecule has 4 rings (SSSR count). The average molecular weight is 392 g/mol. The Kier molecular flexibility index (Phi) is 4.86. The third-order valence-electron chi connectivity index (χ3n) is 3.94. The lowest BCUT2D eigenvalue weighted by Gasteiger charge is -2.09. The maximum atomic E-state index is 12.7. The van der Waals surface area contributed by atoms with Crippen LogP contribution in [-0.4, -0.2) is 20.9 Å². The zero-order valence-electron chi connectivity index (χ0n) is 15.2. The van der Waals surface area contributed by atoms with Crippen LogP contribution in [0.2, 0.25) is 0 Å². The number of benzene rings is 1. The van der Waals surface area contributed by atoms with Gasteiger partial charge in [-0.1, -0.05) is 6.07 Å². The molecule has 0 aliphatic rings. The van der Waals surface area contributed by atoms with E-state index in [4.69, 9.17) is 9.15 Å². The fourth-order valence-electron chi connectivity index (χ4n) is 2.58. The summed E-state index contributed by atoms with van der Waals surface area (Å²) < 4.78 is 11.2. The second-order valence-corrected chi connectivity index (χ2v) is 6.91. The molecule has 0 aliphatic heterocycles. The molecule has 7 nitrogen and oxygen atoms in total. The molecule has 0 saturated carbocycles. The van der Waals surface area contributed by atoms with Crippen LogP contribution in [0.5, 0.6) is 11.8 Å². The van der Waals surface area contributed by atoms with Crippen molar-refractivity contribution in [2.24, 2.45) is 0 Å². The highest BCUT2D eigenvalue weighted by Gasteiger charge is 2.19. The molecule has 1 amide bonds. The molecule has 0 unspecified atom stereocenters. The van der Waals surface area contributed by atoms with Crippen molar-refractivity contribution in [2.75, 3.05) is 5.32 Å². The number of ether oxygens (including phenoxy) is 1. The van der Waals surface area contributed by atoms with Crippen molar-refractivity contribution < 1.29 is 13.9 Å². The van der Waals surface area contributed by atoms with Gasteiger partial charge >= 0.3 is 6.01 Å². The number of nitrogens with zero attached hydrogens (tertiary/aromatic N) is 3. The minimum atomic E-state index is -0.327. The van der Waals surface area contributed by atoms with Crippen molar-refractivity contribution in [1.29, 1.82) is 0 Å². The lowest BCUT2D eigenvalue weighted by Crippen LogP contribution is -2.14. The summed E-state index contributed by atoms with van der Waals surface area (Å²) in [5.41, 5.74) is 1.76. The highest BCUT2D eigenvalue weighted by atomic mass is 32.1. The Labute approximate surface area is 165 Å². The zero-order valence-corrected chi connectivity index (χ0v) is 16.0. The van der Waals surface area contributed by atoms with Crippen LogP contribution >= 0.6 is 11.3 Å². The van der Waals surface area contributed by atoms with Crippen LogP contribution < -0.4 is 10.1 Å². The van der Waals surface area contributed by atoms with E-state index in [-0.39, 0.29) is 17.6 Å². The van der Waals surface area contributed by atoms with Crippen molar-refractivity contribution in [3.8, 4) is 22.5 Å². The summed E-state index contributed by atoms with van der Waals surface area (Å²) in [6, 6.07) is 11.1. The number of aromatic nitrogens is 3. The maximum Gasteiger partial charge on any atom is 0.321 e. The van der Waals surface area contributed by atoms with E-state index in [1.54, 1.807) is 43.6 Å². The van der Waals surface area contributed by atoms with Gasteiger partial charge in [0.1, 0.15) is 11.5 Å². The number of thiophene rings is 1. The molecule has 140 valence electrons. The number of amides is 1. The molecule has 0 fully saturated rings. The number of nitrogens with one attached hydrogen (secondary N) is 1. The Hall–Kier alpha value is -3.52. The molecule has 8 heteroatoms. The summed E-state index contributed by atoms with van der Waals surface area (Å²) in [7, 11) is 0. The Balaban J connectivity index is 1.50. The van der Waals surface area contributed by atoms with Gasteiger partial charge in [-0.25, -0.2) is 15.0 Å². The smallest absolute Gasteiger partial charge is 0.321 e. The Morgan fingerprint density at radius 1 is 1.14 bits per heavy atom. The summed E-state index contributed by atoms with van der Waals surface area (Å²) in [4.78, 5) is 25.9. The first kappa shape index (κ1) is 17.9. The summed E-state index contributed by atoms with van der Waals surface area (Å²) in [5, 5.41) is 4.80. The van der Waals surface area contributed by atoms with E-state index in [9.17, 15) is 4.79 Å². The van der Waals surface area contributed by atoms with E-state index in [0.29, 0.717) is 23.1 Å². The highest BCUT2D eigenvalue weighted by Crippen LogP contribution is 2.27. The molecule has 28 heavy (non-hydrogen) atoms. The van der Waals surface area contributed by atoms with Crippen LogP contribution in [0.15, 0.2) is 58.6 Å². The first-order valence-electron chi connectivity index (χ1n) is 8.48. The molecule has 4 aromatic rings. The third-order valence-corrected chi connectivity index (χ3v) is 4.80. The number of anilines is 1. The standard InChI is InChI=1S/C20H16N4O3S/c1-12-11-14(27-20-21-8-4-9-22-20)6-7-15(12)23-18(25)17-13(2)26-19(24-17)16-5-3-10-28-16/h3-11H,1-2H3,(H,23,25). The van der Waals surface area contributed by atoms with E-state index in [0.717, 1.165) is 10.4 Å². The first-order valence-corrected chi connectivity index (χ1v) is 9.36. The topological polar surface area (TPSA) is 90.1 Å². The summed E-state index contributed by atoms with van der Waals surface area (Å²) in [6.45, 7) is 3.60. The number of carbonyl (C=O) groups is 1. The lowest BCUT2D eigenvalue weighted by atomic mass is 10.2. The number of hydrogen-bond donors (Lipinski definition) is 1. The van der Waals surface area contributed by atoms with Gasteiger partial charge in [0, 0.05) is 18.1 Å². The number of hydrogen-bond acceptors (Lipinski definition) is 7. The van der Waals surface area contributed by atoms with Gasteiger partial charge in [-0.05, 0) is 55.1 Å². The molecule has 0 atom stereocenters. The van der Waals surface area contributed by atoms with Crippen molar-refractivity contribution in [3.05, 3.63) is 71.2 Å². The van der Waals surface area contributed by atoms with Gasteiger partial charge in [0.2, 0.25) is 5.89 Å². The van der Waals surface area contributed by atoms with Gasteiger partial charge in [0.25, 0.3) is 5.91 Å². The van der Waals surface area contributed by atoms with Gasteiger partial charge in [-0.15, -0.1) is 11.3 Å². The molecule has 0 saturated heterocycles. The molecule has 0 bridgehead atoms. The van der Waals surface area contributed by atoms with E-state index in [1.165, 1.54) is 11.3 Å². The van der Waals surface area contributed by atoms with E-state index in [1.807, 2.05) is 24.4 Å². The zero-order chi connectivity index (χ0) is 19.5. The van der Waals surface area contributed by atoms with Crippen LogP contribution in [0.1, 0.15) is 21.8 Å². The van der Waals surface area contributed by atoms with Crippen LogP contribution in [0.25, 0.3) is 10.8 Å². The molecule has 3 aromatic heterocycles. The maximum absolute atomic E-state index is 12.7. The van der Waals surface area contributed by atoms with Gasteiger partial charge in [-0.3, -0.25) is 4.79 Å². The monoisotopic (exact) mass is 392 g/mol. The van der Waals surface area contributed by atoms with Gasteiger partial charge < -0.3 is 14.5 Å². The van der Waals surface area contributed by atoms with Crippen LogP contribution in [0.3, 0.4) is 0 Å². The second kappa shape index (κ2) is 7.61. The molecule has 0 spiro atoms. The Morgan fingerprint density at radius 2 is 1.96 bits per heavy atom. The molecule has 0 radical (unpaired) electrons. The van der Waals surface area contributed by atoms with Crippen molar-refractivity contribution in [3.63, 3.8) is 0 Å². The van der Waals surface area contributed by atoms with E-state index >= 15 is 0 Å². The molecule has 1 aromatic carbocycles. The van der Waals surface area contributed by atoms with Gasteiger partial charge in [-0.2, -0.15) is 0 Å². The molecule has 0 aliphatic carbocycles. The van der Waals surface area contributed by atoms with Crippen molar-refractivity contribution >= 4 is 22.9 Å². The summed E-state index contributed by atoms with van der Waals surface area (Å²) in [5.74, 6) is 1.17. The van der Waals surface area contributed by atoms with E-state index < -0.39 is 0 Å². The number of aryl methyl sites for hydroxylation is 2. The highest BCUT2D eigenvalue weighted by molar-refractivity contribution is 7.13. The SMILES string of the molecule is Cc1cc(Oc2ncccn2)ccc1NC(=O)c1nc(-c2cccs2)oc1C. The first-order chi connectivity index (χ1) is 13.6. The molecule has 3 heterocycles. The number of rotatable bonds is 5. The Bertz CT molecular complexity index is 1110. The summed E-state index contributed by atoms with van der Waals surface area (Å²) >= 11 is 1.51. The van der Waals surface area contributed by atoms with Crippen LogP contribution in [0, 0.1) is 13.8 Å².